The lowest BCUT2D eigenvalue weighted by molar-refractivity contribution is -0.125. The molecular formula is C15H16ClFN4O2. The normalized spacial score (nSPS) is 22.0. The van der Waals surface area contributed by atoms with Gasteiger partial charge in [-0.1, -0.05) is 17.7 Å². The van der Waals surface area contributed by atoms with Crippen LogP contribution in [0.3, 0.4) is 0 Å². The Hall–Kier alpha value is -1.99. The predicted octanol–water partition coefficient (Wildman–Crippen LogP) is 2.28. The van der Waals surface area contributed by atoms with Crippen molar-refractivity contribution in [3.8, 4) is 0 Å². The van der Waals surface area contributed by atoms with Crippen LogP contribution < -0.4 is 5.32 Å². The van der Waals surface area contributed by atoms with Gasteiger partial charge in [0.05, 0.1) is 11.1 Å². The van der Waals surface area contributed by atoms with E-state index in [4.69, 9.17) is 16.3 Å². The molecule has 1 N–H and O–H groups in total. The summed E-state index contributed by atoms with van der Waals surface area (Å²) in [5, 5.41) is 6.96. The van der Waals surface area contributed by atoms with E-state index in [1.807, 2.05) is 0 Å². The maximum atomic E-state index is 13.6. The Morgan fingerprint density at radius 3 is 3.09 bits per heavy atom. The van der Waals surface area contributed by atoms with Crippen LogP contribution >= 0.6 is 11.6 Å². The molecule has 1 amide bonds. The highest BCUT2D eigenvalue weighted by Gasteiger charge is 2.32. The monoisotopic (exact) mass is 338 g/mol. The van der Waals surface area contributed by atoms with E-state index in [2.05, 4.69) is 15.4 Å². The summed E-state index contributed by atoms with van der Waals surface area (Å²) < 4.78 is 20.8. The Morgan fingerprint density at radius 1 is 1.57 bits per heavy atom. The molecule has 1 aromatic carbocycles. The van der Waals surface area contributed by atoms with Gasteiger partial charge in [0.15, 0.2) is 0 Å². The Morgan fingerprint density at radius 2 is 2.39 bits per heavy atom. The van der Waals surface area contributed by atoms with E-state index >= 15 is 0 Å². The molecule has 6 nitrogen and oxygen atoms in total. The highest BCUT2D eigenvalue weighted by Crippen LogP contribution is 2.31. The Balaban J connectivity index is 1.71. The van der Waals surface area contributed by atoms with Crippen molar-refractivity contribution in [1.82, 2.24) is 20.1 Å². The lowest BCUT2D eigenvalue weighted by Crippen LogP contribution is -2.40. The minimum absolute atomic E-state index is 0.0622. The number of aromatic nitrogens is 3. The summed E-state index contributed by atoms with van der Waals surface area (Å²) in [6.45, 7) is 2.23. The zero-order valence-electron chi connectivity index (χ0n) is 12.4. The van der Waals surface area contributed by atoms with Crippen molar-refractivity contribution in [3.05, 3.63) is 47.3 Å². The average molecular weight is 339 g/mol. The van der Waals surface area contributed by atoms with Gasteiger partial charge in [-0.05, 0) is 31.0 Å². The maximum absolute atomic E-state index is 13.6. The summed E-state index contributed by atoms with van der Waals surface area (Å²) in [7, 11) is 0. The molecule has 0 unspecified atom stereocenters. The van der Waals surface area contributed by atoms with Crippen LogP contribution in [0.2, 0.25) is 5.02 Å². The highest BCUT2D eigenvalue weighted by molar-refractivity contribution is 6.30. The van der Waals surface area contributed by atoms with E-state index in [1.54, 1.807) is 13.0 Å². The Labute approximate surface area is 137 Å². The number of rotatable bonds is 4. The molecule has 2 aromatic rings. The molecule has 0 radical (unpaired) electrons. The number of ether oxygens (including phenoxy) is 1. The second-order valence-electron chi connectivity index (χ2n) is 5.42. The topological polar surface area (TPSA) is 69.0 Å². The molecule has 1 fully saturated rings. The van der Waals surface area contributed by atoms with Gasteiger partial charge in [-0.3, -0.25) is 4.79 Å². The third-order valence-corrected chi connectivity index (χ3v) is 4.21. The van der Waals surface area contributed by atoms with Crippen molar-refractivity contribution < 1.29 is 13.9 Å². The van der Waals surface area contributed by atoms with Crippen molar-refractivity contribution in [2.75, 3.05) is 6.61 Å². The molecule has 0 saturated carbocycles. The number of halogens is 2. The number of nitrogens with zero attached hydrogens (tertiary/aromatic N) is 3. The molecule has 1 aliphatic rings. The molecular weight excluding hydrogens is 323 g/mol. The second-order valence-corrected chi connectivity index (χ2v) is 5.83. The van der Waals surface area contributed by atoms with Crippen LogP contribution in [0.4, 0.5) is 4.39 Å². The average Bonchev–Trinajstić information content (AvgIpc) is 3.20. The molecule has 1 aliphatic heterocycles. The summed E-state index contributed by atoms with van der Waals surface area (Å²) >= 11 is 5.71. The molecule has 1 aromatic heterocycles. The van der Waals surface area contributed by atoms with E-state index in [0.717, 1.165) is 0 Å². The van der Waals surface area contributed by atoms with E-state index in [1.165, 1.54) is 29.5 Å². The largest absolute Gasteiger partial charge is 0.371 e. The first-order valence-corrected chi connectivity index (χ1v) is 7.65. The zero-order valence-corrected chi connectivity index (χ0v) is 13.2. The van der Waals surface area contributed by atoms with Crippen molar-refractivity contribution in [2.45, 2.75) is 31.5 Å². The standard InChI is InChI=1S/C15H16ClFN4O2/c1-9(21-8-18-7-19-21)15(22)20-13-4-5-23-14(13)10-2-3-11(16)12(17)6-10/h2-3,6-9,13-14H,4-5H2,1H3,(H,20,22)/t9-,13+,14-/m1/s1. The molecule has 0 spiro atoms. The first kappa shape index (κ1) is 15.9. The smallest absolute Gasteiger partial charge is 0.244 e. The van der Waals surface area contributed by atoms with Gasteiger partial charge in [0.2, 0.25) is 5.91 Å². The molecule has 3 atom stereocenters. The predicted molar refractivity (Wildman–Crippen MR) is 81.4 cm³/mol. The van der Waals surface area contributed by atoms with Gasteiger partial charge < -0.3 is 10.1 Å². The van der Waals surface area contributed by atoms with Gasteiger partial charge in [0.1, 0.15) is 30.6 Å². The minimum Gasteiger partial charge on any atom is -0.371 e. The summed E-state index contributed by atoms with van der Waals surface area (Å²) in [6, 6.07) is 3.83. The van der Waals surface area contributed by atoms with Crippen LogP contribution in [0.5, 0.6) is 0 Å². The van der Waals surface area contributed by atoms with Gasteiger partial charge in [-0.2, -0.15) is 5.10 Å². The summed E-state index contributed by atoms with van der Waals surface area (Å²) in [5.74, 6) is -0.689. The third-order valence-electron chi connectivity index (χ3n) is 3.90. The molecule has 8 heteroatoms. The van der Waals surface area contributed by atoms with E-state index < -0.39 is 18.0 Å². The third kappa shape index (κ3) is 3.35. The molecule has 1 saturated heterocycles. The number of benzene rings is 1. The van der Waals surface area contributed by atoms with Gasteiger partial charge in [-0.15, -0.1) is 0 Å². The molecule has 0 aliphatic carbocycles. The number of carbonyl (C=O) groups is 1. The molecule has 122 valence electrons. The Bertz CT molecular complexity index is 695. The van der Waals surface area contributed by atoms with E-state index in [-0.39, 0.29) is 17.0 Å². The zero-order chi connectivity index (χ0) is 16.4. The van der Waals surface area contributed by atoms with Gasteiger partial charge in [-0.25, -0.2) is 14.1 Å². The summed E-state index contributed by atoms with van der Waals surface area (Å²) in [6.07, 6.45) is 3.13. The second kappa shape index (κ2) is 6.64. The first-order valence-electron chi connectivity index (χ1n) is 7.27. The molecule has 3 rings (SSSR count). The number of hydrogen-bond acceptors (Lipinski definition) is 4. The molecule has 23 heavy (non-hydrogen) atoms. The van der Waals surface area contributed by atoms with Crippen molar-refractivity contribution in [1.29, 1.82) is 0 Å². The van der Waals surface area contributed by atoms with Crippen molar-refractivity contribution in [2.24, 2.45) is 0 Å². The van der Waals surface area contributed by atoms with Crippen LogP contribution in [0.15, 0.2) is 30.9 Å². The molecule has 0 bridgehead atoms. The minimum atomic E-state index is -0.499. The van der Waals surface area contributed by atoms with Crippen LogP contribution in [-0.4, -0.2) is 33.3 Å². The van der Waals surface area contributed by atoms with Crippen LogP contribution in [0.25, 0.3) is 0 Å². The van der Waals surface area contributed by atoms with Crippen LogP contribution in [0.1, 0.15) is 31.1 Å². The lowest BCUT2D eigenvalue weighted by Gasteiger charge is -2.22. The van der Waals surface area contributed by atoms with E-state index in [9.17, 15) is 9.18 Å². The van der Waals surface area contributed by atoms with Gasteiger partial charge in [0, 0.05) is 6.61 Å². The Kier molecular flexibility index (Phi) is 4.58. The summed E-state index contributed by atoms with van der Waals surface area (Å²) in [5.41, 5.74) is 0.656. The van der Waals surface area contributed by atoms with Crippen molar-refractivity contribution in [3.63, 3.8) is 0 Å². The maximum Gasteiger partial charge on any atom is 0.244 e. The SMILES string of the molecule is C[C@H](C(=O)N[C@H]1CCO[C@@H]1c1ccc(Cl)c(F)c1)n1cncn1. The summed E-state index contributed by atoms with van der Waals surface area (Å²) in [4.78, 5) is 16.2. The quantitative estimate of drug-likeness (QED) is 0.928. The van der Waals surface area contributed by atoms with Crippen LogP contribution in [-0.2, 0) is 9.53 Å². The lowest BCUT2D eigenvalue weighted by atomic mass is 10.0. The number of nitrogens with one attached hydrogen (secondary N) is 1. The fraction of sp³-hybridized carbons (Fsp3) is 0.400. The first-order chi connectivity index (χ1) is 11.1. The number of carbonyl (C=O) groups excluding carboxylic acids is 1. The number of hydrogen-bond donors (Lipinski definition) is 1. The highest BCUT2D eigenvalue weighted by atomic mass is 35.5. The number of amides is 1. The van der Waals surface area contributed by atoms with Crippen LogP contribution in [0, 0.1) is 5.82 Å². The fourth-order valence-electron chi connectivity index (χ4n) is 2.60. The van der Waals surface area contributed by atoms with E-state index in [0.29, 0.717) is 18.6 Å². The fourth-order valence-corrected chi connectivity index (χ4v) is 2.71. The van der Waals surface area contributed by atoms with Gasteiger partial charge >= 0.3 is 0 Å². The molecule has 2 heterocycles. The van der Waals surface area contributed by atoms with Gasteiger partial charge in [0.25, 0.3) is 0 Å². The van der Waals surface area contributed by atoms with Crippen molar-refractivity contribution >= 4 is 17.5 Å².